The van der Waals surface area contributed by atoms with E-state index in [4.69, 9.17) is 5.11 Å². The second-order valence-electron chi connectivity index (χ2n) is 4.70. The van der Waals surface area contributed by atoms with Crippen LogP contribution in [0.25, 0.3) is 0 Å². The maximum absolute atomic E-state index is 11.5. The third-order valence-electron chi connectivity index (χ3n) is 1.93. The molecule has 88 valence electrons. The molecule has 0 fully saturated rings. The highest BCUT2D eigenvalue weighted by molar-refractivity contribution is 5.92. The number of benzene rings is 1. The van der Waals surface area contributed by atoms with E-state index < -0.39 is 0 Å². The van der Waals surface area contributed by atoms with Crippen LogP contribution in [0.3, 0.4) is 0 Å². The quantitative estimate of drug-likeness (QED) is 0.682. The molecule has 0 spiro atoms. The normalized spacial score (nSPS) is 11.2. The first-order chi connectivity index (χ1) is 7.37. The van der Waals surface area contributed by atoms with Gasteiger partial charge in [0.2, 0.25) is 5.91 Å². The molecular weight excluding hydrogens is 204 g/mol. The van der Waals surface area contributed by atoms with Crippen molar-refractivity contribution in [1.29, 1.82) is 0 Å². The molecule has 1 aromatic rings. The molecule has 0 saturated heterocycles. The summed E-state index contributed by atoms with van der Waals surface area (Å²) in [5.74, 6) is 0.0893. The van der Waals surface area contributed by atoms with E-state index >= 15 is 0 Å². The zero-order chi connectivity index (χ0) is 12.2. The number of hydrogen-bond acceptors (Lipinski definition) is 3. The van der Waals surface area contributed by atoms with Crippen molar-refractivity contribution in [3.63, 3.8) is 0 Å². The molecule has 4 nitrogen and oxygen atoms in total. The fraction of sp³-hybridized carbons (Fsp3) is 0.417. The van der Waals surface area contributed by atoms with Gasteiger partial charge in [0.25, 0.3) is 0 Å². The van der Waals surface area contributed by atoms with Crippen LogP contribution in [-0.2, 0) is 4.79 Å². The van der Waals surface area contributed by atoms with Gasteiger partial charge in [0.15, 0.2) is 0 Å². The van der Waals surface area contributed by atoms with Crippen molar-refractivity contribution in [1.82, 2.24) is 5.32 Å². The summed E-state index contributed by atoms with van der Waals surface area (Å²) < 4.78 is 0. The molecule has 0 heterocycles. The predicted octanol–water partition coefficient (Wildman–Crippen LogP) is 1.72. The second kappa shape index (κ2) is 4.99. The zero-order valence-corrected chi connectivity index (χ0v) is 9.87. The summed E-state index contributed by atoms with van der Waals surface area (Å²) in [6.45, 7) is 6.27. The first-order valence-electron chi connectivity index (χ1n) is 5.21. The van der Waals surface area contributed by atoms with Crippen LogP contribution in [0.1, 0.15) is 20.8 Å². The highest BCUT2D eigenvalue weighted by Crippen LogP contribution is 2.13. The van der Waals surface area contributed by atoms with E-state index in [1.165, 1.54) is 12.1 Å². The zero-order valence-electron chi connectivity index (χ0n) is 9.87. The van der Waals surface area contributed by atoms with Crippen LogP contribution in [0.15, 0.2) is 24.3 Å². The van der Waals surface area contributed by atoms with E-state index in [-0.39, 0.29) is 23.7 Å². The number of rotatable bonds is 3. The van der Waals surface area contributed by atoms with Gasteiger partial charge in [-0.1, -0.05) is 0 Å². The van der Waals surface area contributed by atoms with E-state index in [1.54, 1.807) is 12.1 Å². The highest BCUT2D eigenvalue weighted by atomic mass is 16.3. The van der Waals surface area contributed by atoms with Crippen molar-refractivity contribution >= 4 is 11.6 Å². The van der Waals surface area contributed by atoms with Crippen molar-refractivity contribution in [2.24, 2.45) is 0 Å². The molecule has 0 aliphatic carbocycles. The third-order valence-corrected chi connectivity index (χ3v) is 1.93. The molecule has 0 saturated carbocycles. The van der Waals surface area contributed by atoms with Gasteiger partial charge in [-0.15, -0.1) is 0 Å². The molecule has 0 aliphatic heterocycles. The summed E-state index contributed by atoms with van der Waals surface area (Å²) in [5, 5.41) is 14.9. The number of hydrogen-bond donors (Lipinski definition) is 3. The highest BCUT2D eigenvalue weighted by Gasteiger charge is 2.11. The number of carbonyl (C=O) groups is 1. The number of phenolic OH excluding ortho intramolecular Hbond substituents is 1. The van der Waals surface area contributed by atoms with Crippen molar-refractivity contribution in [2.45, 2.75) is 26.3 Å². The fourth-order valence-electron chi connectivity index (χ4n) is 1.10. The molecule has 1 rings (SSSR count). The maximum Gasteiger partial charge on any atom is 0.238 e. The van der Waals surface area contributed by atoms with Crippen LogP contribution >= 0.6 is 0 Å². The van der Waals surface area contributed by atoms with Crippen molar-refractivity contribution in [2.75, 3.05) is 11.9 Å². The molecule has 1 amide bonds. The lowest BCUT2D eigenvalue weighted by Crippen LogP contribution is -2.41. The topological polar surface area (TPSA) is 61.4 Å². The SMILES string of the molecule is CC(C)(C)NCC(=O)Nc1ccc(O)cc1. The first-order valence-corrected chi connectivity index (χ1v) is 5.21. The number of phenols is 1. The smallest absolute Gasteiger partial charge is 0.238 e. The standard InChI is InChI=1S/C12H18N2O2/c1-12(2,3)13-8-11(16)14-9-4-6-10(15)7-5-9/h4-7,13,15H,8H2,1-3H3,(H,14,16). The van der Waals surface area contributed by atoms with Gasteiger partial charge in [0, 0.05) is 11.2 Å². The van der Waals surface area contributed by atoms with Gasteiger partial charge in [-0.3, -0.25) is 4.79 Å². The van der Waals surface area contributed by atoms with Gasteiger partial charge in [-0.2, -0.15) is 0 Å². The molecule has 16 heavy (non-hydrogen) atoms. The minimum absolute atomic E-state index is 0.0771. The number of amides is 1. The molecule has 0 atom stereocenters. The van der Waals surface area contributed by atoms with Gasteiger partial charge < -0.3 is 15.7 Å². The predicted molar refractivity (Wildman–Crippen MR) is 64.5 cm³/mol. The molecule has 0 bridgehead atoms. The molecule has 0 aromatic heterocycles. The summed E-state index contributed by atoms with van der Waals surface area (Å²) in [6.07, 6.45) is 0. The van der Waals surface area contributed by atoms with Crippen LogP contribution in [0.5, 0.6) is 5.75 Å². The molecular formula is C12H18N2O2. The Labute approximate surface area is 95.7 Å². The van der Waals surface area contributed by atoms with Crippen molar-refractivity contribution < 1.29 is 9.90 Å². The third kappa shape index (κ3) is 4.79. The Morgan fingerprint density at radius 1 is 1.25 bits per heavy atom. The largest absolute Gasteiger partial charge is 0.508 e. The van der Waals surface area contributed by atoms with Crippen molar-refractivity contribution in [3.05, 3.63) is 24.3 Å². The maximum atomic E-state index is 11.5. The van der Waals surface area contributed by atoms with E-state index in [9.17, 15) is 4.79 Å². The molecule has 0 aliphatic rings. The Hall–Kier alpha value is -1.55. The lowest BCUT2D eigenvalue weighted by atomic mass is 10.1. The average molecular weight is 222 g/mol. The number of nitrogens with one attached hydrogen (secondary N) is 2. The van der Waals surface area contributed by atoms with Gasteiger partial charge in [0.1, 0.15) is 5.75 Å². The number of anilines is 1. The van der Waals surface area contributed by atoms with Gasteiger partial charge in [-0.05, 0) is 45.0 Å². The summed E-state index contributed by atoms with van der Waals surface area (Å²) in [6, 6.07) is 6.38. The Balaban J connectivity index is 2.43. The van der Waals surface area contributed by atoms with Gasteiger partial charge >= 0.3 is 0 Å². The summed E-state index contributed by atoms with van der Waals surface area (Å²) in [4.78, 5) is 11.5. The summed E-state index contributed by atoms with van der Waals surface area (Å²) in [5.41, 5.74) is 0.602. The minimum atomic E-state index is -0.0967. The number of carbonyl (C=O) groups excluding carboxylic acids is 1. The van der Waals surface area contributed by atoms with Gasteiger partial charge in [0.05, 0.1) is 6.54 Å². The Bertz CT molecular complexity index is 352. The molecule has 3 N–H and O–H groups in total. The van der Waals surface area contributed by atoms with Crippen LogP contribution in [0.4, 0.5) is 5.69 Å². The first kappa shape index (κ1) is 12.5. The molecule has 4 heteroatoms. The average Bonchev–Trinajstić information content (AvgIpc) is 2.18. The minimum Gasteiger partial charge on any atom is -0.508 e. The summed E-state index contributed by atoms with van der Waals surface area (Å²) >= 11 is 0. The fourth-order valence-corrected chi connectivity index (χ4v) is 1.10. The molecule has 0 unspecified atom stereocenters. The Morgan fingerprint density at radius 2 is 1.81 bits per heavy atom. The number of aromatic hydroxyl groups is 1. The summed E-state index contributed by atoms with van der Waals surface area (Å²) in [7, 11) is 0. The molecule has 0 radical (unpaired) electrons. The Morgan fingerprint density at radius 3 is 2.31 bits per heavy atom. The van der Waals surface area contributed by atoms with Crippen molar-refractivity contribution in [3.8, 4) is 5.75 Å². The van der Waals surface area contributed by atoms with Crippen LogP contribution < -0.4 is 10.6 Å². The molecule has 1 aromatic carbocycles. The Kier molecular flexibility index (Phi) is 3.90. The lowest BCUT2D eigenvalue weighted by Gasteiger charge is -2.19. The van der Waals surface area contributed by atoms with E-state index in [1.807, 2.05) is 20.8 Å². The van der Waals surface area contributed by atoms with Crippen LogP contribution in [0, 0.1) is 0 Å². The monoisotopic (exact) mass is 222 g/mol. The van der Waals surface area contributed by atoms with Gasteiger partial charge in [-0.25, -0.2) is 0 Å². The second-order valence-corrected chi connectivity index (χ2v) is 4.70. The van der Waals surface area contributed by atoms with Crippen LogP contribution in [0.2, 0.25) is 0 Å². The lowest BCUT2D eigenvalue weighted by molar-refractivity contribution is -0.115. The van der Waals surface area contributed by atoms with Crippen LogP contribution in [-0.4, -0.2) is 23.1 Å². The van der Waals surface area contributed by atoms with E-state index in [2.05, 4.69) is 10.6 Å². The van der Waals surface area contributed by atoms with E-state index in [0.717, 1.165) is 0 Å². The van der Waals surface area contributed by atoms with E-state index in [0.29, 0.717) is 5.69 Å².